The summed E-state index contributed by atoms with van der Waals surface area (Å²) in [4.78, 5) is 12.0. The van der Waals surface area contributed by atoms with Gasteiger partial charge in [-0.3, -0.25) is 4.79 Å². The zero-order valence-corrected chi connectivity index (χ0v) is 30.9. The molecule has 0 aromatic heterocycles. The minimum absolute atomic E-state index is 0.0310. The maximum Gasteiger partial charge on any atom is 0.305 e. The van der Waals surface area contributed by atoms with Crippen molar-refractivity contribution in [1.29, 1.82) is 0 Å². The zero-order chi connectivity index (χ0) is 31.9. The van der Waals surface area contributed by atoms with Gasteiger partial charge in [0.05, 0.1) is 6.61 Å². The Morgan fingerprint density at radius 1 is 0.295 bits per heavy atom. The first-order valence-electron chi connectivity index (χ1n) is 21.0. The lowest BCUT2D eigenvalue weighted by Gasteiger charge is -2.06. The Hall–Kier alpha value is -0.530. The molecule has 0 bridgehead atoms. The minimum atomic E-state index is 0.0310. The van der Waals surface area contributed by atoms with Crippen molar-refractivity contribution in [3.63, 3.8) is 0 Å². The van der Waals surface area contributed by atoms with E-state index in [-0.39, 0.29) is 5.97 Å². The minimum Gasteiger partial charge on any atom is -0.466 e. The standard InChI is InChI=1S/C42H84O2/c1-3-5-7-9-11-13-15-17-19-20-21-22-23-24-25-26-28-30-32-34-36-38-40-42(43)44-41-39-37-35-33-31-29-27-18-16-14-12-10-8-6-4-2/h3-41H2,1-2H3. The third kappa shape index (κ3) is 39.5. The molecule has 0 aromatic rings. The fourth-order valence-electron chi connectivity index (χ4n) is 6.61. The zero-order valence-electron chi connectivity index (χ0n) is 30.9. The molecule has 0 aliphatic heterocycles. The van der Waals surface area contributed by atoms with Crippen LogP contribution in [0.15, 0.2) is 0 Å². The first-order valence-corrected chi connectivity index (χ1v) is 21.0. The lowest BCUT2D eigenvalue weighted by atomic mass is 10.0. The van der Waals surface area contributed by atoms with Crippen LogP contribution in [0, 0.1) is 0 Å². The first-order chi connectivity index (χ1) is 21.8. The molecular weight excluding hydrogens is 536 g/mol. The molecule has 264 valence electrons. The van der Waals surface area contributed by atoms with E-state index in [2.05, 4.69) is 13.8 Å². The maximum absolute atomic E-state index is 12.0. The molecule has 2 heteroatoms. The number of carbonyl (C=O) groups is 1. The molecule has 0 saturated carbocycles. The molecule has 0 N–H and O–H groups in total. The fourth-order valence-corrected chi connectivity index (χ4v) is 6.61. The van der Waals surface area contributed by atoms with Crippen LogP contribution >= 0.6 is 0 Å². The van der Waals surface area contributed by atoms with Gasteiger partial charge >= 0.3 is 5.97 Å². The molecule has 0 unspecified atom stereocenters. The maximum atomic E-state index is 12.0. The van der Waals surface area contributed by atoms with Crippen molar-refractivity contribution in [3.8, 4) is 0 Å². The van der Waals surface area contributed by atoms with Crippen molar-refractivity contribution in [1.82, 2.24) is 0 Å². The Balaban J connectivity index is 3.14. The number of hydrogen-bond acceptors (Lipinski definition) is 2. The van der Waals surface area contributed by atoms with E-state index < -0.39 is 0 Å². The van der Waals surface area contributed by atoms with Crippen LogP contribution in [0.2, 0.25) is 0 Å². The highest BCUT2D eigenvalue weighted by molar-refractivity contribution is 5.69. The third-order valence-electron chi connectivity index (χ3n) is 9.75. The SMILES string of the molecule is CCCCCCCCCCCCCCCCCCCCCCCCC(=O)OCCCCCCCCCCCCCCCCC. The average molecular weight is 621 g/mol. The van der Waals surface area contributed by atoms with E-state index in [1.54, 1.807) is 0 Å². The van der Waals surface area contributed by atoms with Crippen LogP contribution in [-0.2, 0) is 9.53 Å². The summed E-state index contributed by atoms with van der Waals surface area (Å²) < 4.78 is 5.46. The van der Waals surface area contributed by atoms with E-state index in [9.17, 15) is 4.79 Å². The van der Waals surface area contributed by atoms with Gasteiger partial charge in [-0.15, -0.1) is 0 Å². The Morgan fingerprint density at radius 3 is 0.750 bits per heavy atom. The summed E-state index contributed by atoms with van der Waals surface area (Å²) in [6, 6.07) is 0. The molecule has 44 heavy (non-hydrogen) atoms. The Labute approximate surface area is 279 Å². The monoisotopic (exact) mass is 621 g/mol. The second kappa shape index (κ2) is 40.5. The highest BCUT2D eigenvalue weighted by Gasteiger charge is 2.03. The summed E-state index contributed by atoms with van der Waals surface area (Å²) in [7, 11) is 0. The Kier molecular flexibility index (Phi) is 40.0. The van der Waals surface area contributed by atoms with Crippen LogP contribution in [0.25, 0.3) is 0 Å². The summed E-state index contributed by atoms with van der Waals surface area (Å²) in [5.74, 6) is 0.0310. The van der Waals surface area contributed by atoms with Gasteiger partial charge in [0, 0.05) is 6.42 Å². The van der Waals surface area contributed by atoms with Crippen LogP contribution in [0.5, 0.6) is 0 Å². The van der Waals surface area contributed by atoms with Crippen molar-refractivity contribution in [3.05, 3.63) is 0 Å². The van der Waals surface area contributed by atoms with E-state index >= 15 is 0 Å². The molecule has 0 aliphatic carbocycles. The lowest BCUT2D eigenvalue weighted by Crippen LogP contribution is -2.05. The number of ether oxygens (including phenoxy) is 1. The molecule has 2 nitrogen and oxygen atoms in total. The van der Waals surface area contributed by atoms with Crippen molar-refractivity contribution >= 4 is 5.97 Å². The summed E-state index contributed by atoms with van der Waals surface area (Å²) >= 11 is 0. The number of carbonyl (C=O) groups excluding carboxylic acids is 1. The molecule has 0 atom stereocenters. The summed E-state index contributed by atoms with van der Waals surface area (Å²) in [6.07, 6.45) is 52.0. The van der Waals surface area contributed by atoms with E-state index in [0.29, 0.717) is 13.0 Å². The number of rotatable bonds is 39. The van der Waals surface area contributed by atoms with Crippen LogP contribution in [0.4, 0.5) is 0 Å². The normalized spacial score (nSPS) is 11.4. The van der Waals surface area contributed by atoms with Crippen LogP contribution in [0.3, 0.4) is 0 Å². The van der Waals surface area contributed by atoms with E-state index in [4.69, 9.17) is 4.74 Å². The van der Waals surface area contributed by atoms with Gasteiger partial charge in [-0.1, -0.05) is 239 Å². The quantitative estimate of drug-likeness (QED) is 0.0505. The molecular formula is C42H84O2. The molecule has 0 amide bonds. The molecule has 0 aliphatic rings. The average Bonchev–Trinajstić information content (AvgIpc) is 3.03. The Bertz CT molecular complexity index is 516. The second-order valence-electron chi connectivity index (χ2n) is 14.3. The largest absolute Gasteiger partial charge is 0.466 e. The first kappa shape index (κ1) is 43.5. The molecule has 0 fully saturated rings. The van der Waals surface area contributed by atoms with E-state index in [0.717, 1.165) is 12.8 Å². The van der Waals surface area contributed by atoms with E-state index in [1.165, 1.54) is 225 Å². The number of esters is 1. The second-order valence-corrected chi connectivity index (χ2v) is 14.3. The predicted molar refractivity (Wildman–Crippen MR) is 198 cm³/mol. The lowest BCUT2D eigenvalue weighted by molar-refractivity contribution is -0.143. The van der Waals surface area contributed by atoms with Gasteiger partial charge in [0.2, 0.25) is 0 Å². The molecule has 0 aromatic carbocycles. The fraction of sp³-hybridized carbons (Fsp3) is 0.976. The van der Waals surface area contributed by atoms with Gasteiger partial charge in [0.25, 0.3) is 0 Å². The highest BCUT2D eigenvalue weighted by atomic mass is 16.5. The van der Waals surface area contributed by atoms with Crippen molar-refractivity contribution in [2.24, 2.45) is 0 Å². The Morgan fingerprint density at radius 2 is 0.500 bits per heavy atom. The topological polar surface area (TPSA) is 26.3 Å². The molecule has 0 rings (SSSR count). The summed E-state index contributed by atoms with van der Waals surface area (Å²) in [5, 5.41) is 0. The van der Waals surface area contributed by atoms with Crippen molar-refractivity contribution in [2.45, 2.75) is 258 Å². The van der Waals surface area contributed by atoms with Gasteiger partial charge in [-0.2, -0.15) is 0 Å². The number of unbranched alkanes of at least 4 members (excludes halogenated alkanes) is 35. The molecule has 0 saturated heterocycles. The highest BCUT2D eigenvalue weighted by Crippen LogP contribution is 2.16. The molecule has 0 heterocycles. The smallest absolute Gasteiger partial charge is 0.305 e. The van der Waals surface area contributed by atoms with Crippen LogP contribution in [-0.4, -0.2) is 12.6 Å². The van der Waals surface area contributed by atoms with Crippen molar-refractivity contribution in [2.75, 3.05) is 6.61 Å². The molecule has 0 radical (unpaired) electrons. The van der Waals surface area contributed by atoms with Gasteiger partial charge < -0.3 is 4.74 Å². The van der Waals surface area contributed by atoms with Crippen LogP contribution in [0.1, 0.15) is 258 Å². The van der Waals surface area contributed by atoms with Crippen molar-refractivity contribution < 1.29 is 9.53 Å². The summed E-state index contributed by atoms with van der Waals surface area (Å²) in [5.41, 5.74) is 0. The van der Waals surface area contributed by atoms with Crippen LogP contribution < -0.4 is 0 Å². The van der Waals surface area contributed by atoms with Gasteiger partial charge in [0.15, 0.2) is 0 Å². The van der Waals surface area contributed by atoms with Gasteiger partial charge in [-0.25, -0.2) is 0 Å². The summed E-state index contributed by atoms with van der Waals surface area (Å²) in [6.45, 7) is 5.23. The predicted octanol–water partition coefficient (Wildman–Crippen LogP) is 15.4. The number of hydrogen-bond donors (Lipinski definition) is 0. The molecule has 0 spiro atoms. The van der Waals surface area contributed by atoms with Gasteiger partial charge in [-0.05, 0) is 12.8 Å². The third-order valence-corrected chi connectivity index (χ3v) is 9.75. The van der Waals surface area contributed by atoms with Gasteiger partial charge in [0.1, 0.15) is 0 Å². The van der Waals surface area contributed by atoms with E-state index in [1.807, 2.05) is 0 Å².